The molecule has 1 unspecified atom stereocenters. The molecule has 4 atom stereocenters. The number of hydrogen-bond donors (Lipinski definition) is 2. The Labute approximate surface area is 264 Å². The van der Waals surface area contributed by atoms with E-state index < -0.39 is 21.5 Å². The van der Waals surface area contributed by atoms with Crippen LogP contribution >= 0.6 is 0 Å². The van der Waals surface area contributed by atoms with Gasteiger partial charge in [0.25, 0.3) is 16.1 Å². The fraction of sp³-hybridized carbons (Fsp3) is 0.529. The van der Waals surface area contributed by atoms with Crippen LogP contribution < -0.4 is 14.6 Å². The standard InChI is InChI=1S/C34H41N5O5S/c1-3-37-17-23-14-22(37)18-38(23)33(41)34-16-28(34)27-15-24(44-2)10-12-25(27)31-30(20-7-5-4-6-8-20)26-11-9-21(13-29(26)39(31)19-34)32(40)36-45(35,42)43/h9-13,15,20,22-23,28H,3-8,14,16-19H2,1-2H3,(H,36,40)(H2,35,42,43)/t22-,23-,28+,34?/m1/s1. The average molecular weight is 632 g/mol. The van der Waals surface area contributed by atoms with Gasteiger partial charge < -0.3 is 14.2 Å². The monoisotopic (exact) mass is 631 g/mol. The molecule has 2 saturated carbocycles. The molecule has 238 valence electrons. The molecule has 8 rings (SSSR count). The van der Waals surface area contributed by atoms with Crippen molar-refractivity contribution in [2.75, 3.05) is 26.7 Å². The van der Waals surface area contributed by atoms with Gasteiger partial charge >= 0.3 is 0 Å². The van der Waals surface area contributed by atoms with E-state index in [1.54, 1.807) is 19.2 Å². The SMILES string of the molecule is CCN1C[C@H]2C[C@@H]1CN2C(=O)C12C[C@H]1c1cc(OC)ccc1-c1c(C3CCCCC3)c3ccc(C(=O)NS(N)(=O)=O)cc3n1C2. The molecule has 4 fully saturated rings. The van der Waals surface area contributed by atoms with E-state index in [-0.39, 0.29) is 23.4 Å². The molecule has 1 aromatic heterocycles. The van der Waals surface area contributed by atoms with E-state index in [1.165, 1.54) is 24.8 Å². The number of aromatic nitrogens is 1. The number of carbonyl (C=O) groups is 2. The van der Waals surface area contributed by atoms with Crippen LogP contribution in [-0.4, -0.2) is 73.4 Å². The molecular formula is C34H41N5O5S. The van der Waals surface area contributed by atoms with Gasteiger partial charge in [-0.1, -0.05) is 32.3 Å². The summed E-state index contributed by atoms with van der Waals surface area (Å²) in [5.41, 5.74) is 5.16. The highest BCUT2D eigenvalue weighted by Crippen LogP contribution is 2.66. The first kappa shape index (κ1) is 29.0. The van der Waals surface area contributed by atoms with Gasteiger partial charge in [-0.3, -0.25) is 14.5 Å². The third-order valence-electron chi connectivity index (χ3n) is 11.5. The second-order valence-corrected chi connectivity index (χ2v) is 15.1. The van der Waals surface area contributed by atoms with Crippen LogP contribution in [0.1, 0.15) is 85.2 Å². The Morgan fingerprint density at radius 3 is 2.56 bits per heavy atom. The molecule has 45 heavy (non-hydrogen) atoms. The highest BCUT2D eigenvalue weighted by atomic mass is 32.2. The third-order valence-corrected chi connectivity index (χ3v) is 11.9. The molecule has 2 bridgehead atoms. The molecule has 10 nitrogen and oxygen atoms in total. The summed E-state index contributed by atoms with van der Waals surface area (Å²) in [5, 5.41) is 6.21. The van der Waals surface area contributed by atoms with Crippen molar-refractivity contribution in [1.82, 2.24) is 19.1 Å². The summed E-state index contributed by atoms with van der Waals surface area (Å²) >= 11 is 0. The molecule has 3 N–H and O–H groups in total. The Balaban J connectivity index is 1.32. The Kier molecular flexibility index (Phi) is 6.64. The van der Waals surface area contributed by atoms with Crippen LogP contribution in [0.25, 0.3) is 22.2 Å². The van der Waals surface area contributed by atoms with Crippen molar-refractivity contribution in [2.24, 2.45) is 10.6 Å². The molecule has 3 aliphatic heterocycles. The molecule has 4 heterocycles. The predicted molar refractivity (Wildman–Crippen MR) is 171 cm³/mol. The summed E-state index contributed by atoms with van der Waals surface area (Å²) in [6.45, 7) is 5.43. The third kappa shape index (κ3) is 4.52. The zero-order valence-electron chi connectivity index (χ0n) is 25.9. The van der Waals surface area contributed by atoms with E-state index in [2.05, 4.69) is 33.4 Å². The zero-order valence-corrected chi connectivity index (χ0v) is 26.7. The molecule has 0 radical (unpaired) electrons. The quantitative estimate of drug-likeness (QED) is 0.422. The van der Waals surface area contributed by atoms with Gasteiger partial charge in [-0.25, -0.2) is 9.86 Å². The Bertz CT molecular complexity index is 1850. The molecule has 5 aliphatic rings. The van der Waals surface area contributed by atoms with Gasteiger partial charge in [-0.15, -0.1) is 0 Å². The normalized spacial score (nSPS) is 27.5. The average Bonchev–Trinajstić information content (AvgIpc) is 3.27. The number of amides is 2. The van der Waals surface area contributed by atoms with Gasteiger partial charge in [0, 0.05) is 59.7 Å². The second-order valence-electron chi connectivity index (χ2n) is 13.8. The number of ether oxygens (including phenoxy) is 1. The highest BCUT2D eigenvalue weighted by Gasteiger charge is 2.65. The minimum atomic E-state index is -4.22. The number of nitrogens with zero attached hydrogens (tertiary/aromatic N) is 3. The van der Waals surface area contributed by atoms with E-state index in [0.29, 0.717) is 18.5 Å². The van der Waals surface area contributed by atoms with Crippen molar-refractivity contribution >= 4 is 32.9 Å². The molecule has 3 aromatic rings. The van der Waals surface area contributed by atoms with Crippen LogP contribution in [-0.2, 0) is 21.5 Å². The molecule has 2 amide bonds. The number of hydrogen-bond acceptors (Lipinski definition) is 6. The Hall–Kier alpha value is -3.41. The van der Waals surface area contributed by atoms with Crippen LogP contribution in [0.15, 0.2) is 36.4 Å². The van der Waals surface area contributed by atoms with Gasteiger partial charge in [0.1, 0.15) is 5.75 Å². The molecule has 2 aliphatic carbocycles. The number of nitrogens with two attached hydrogens (primary N) is 1. The zero-order chi connectivity index (χ0) is 31.2. The fourth-order valence-electron chi connectivity index (χ4n) is 9.28. The number of methoxy groups -OCH3 is 1. The van der Waals surface area contributed by atoms with Crippen LogP contribution in [0.4, 0.5) is 0 Å². The van der Waals surface area contributed by atoms with Gasteiger partial charge in [0.2, 0.25) is 5.91 Å². The summed E-state index contributed by atoms with van der Waals surface area (Å²) in [7, 11) is -2.54. The molecule has 2 saturated heterocycles. The summed E-state index contributed by atoms with van der Waals surface area (Å²) < 4.78 is 33.4. The van der Waals surface area contributed by atoms with Crippen LogP contribution in [0.3, 0.4) is 0 Å². The van der Waals surface area contributed by atoms with E-state index in [0.717, 1.165) is 78.8 Å². The minimum Gasteiger partial charge on any atom is -0.497 e. The first-order chi connectivity index (χ1) is 21.6. The van der Waals surface area contributed by atoms with Crippen molar-refractivity contribution in [3.8, 4) is 17.0 Å². The van der Waals surface area contributed by atoms with Gasteiger partial charge in [-0.05, 0) is 79.6 Å². The number of carbonyl (C=O) groups excluding carboxylic acids is 2. The minimum absolute atomic E-state index is 0.0690. The first-order valence-electron chi connectivity index (χ1n) is 16.4. The number of rotatable bonds is 6. The molecule has 2 aromatic carbocycles. The fourth-order valence-corrected chi connectivity index (χ4v) is 9.66. The topological polar surface area (TPSA) is 127 Å². The van der Waals surface area contributed by atoms with E-state index in [1.807, 2.05) is 16.9 Å². The molecule has 11 heteroatoms. The summed E-state index contributed by atoms with van der Waals surface area (Å²) in [4.78, 5) is 32.4. The van der Waals surface area contributed by atoms with Crippen LogP contribution in [0, 0.1) is 5.41 Å². The molecule has 0 spiro atoms. The van der Waals surface area contributed by atoms with Crippen molar-refractivity contribution < 1.29 is 22.7 Å². The number of fused-ring (bicyclic) bond motifs is 9. The lowest BCUT2D eigenvalue weighted by Crippen LogP contribution is -2.51. The summed E-state index contributed by atoms with van der Waals surface area (Å²) in [6.07, 6.45) is 7.53. The lowest BCUT2D eigenvalue weighted by Gasteiger charge is -2.36. The number of nitrogens with one attached hydrogen (secondary N) is 1. The van der Waals surface area contributed by atoms with Crippen molar-refractivity contribution in [1.29, 1.82) is 0 Å². The van der Waals surface area contributed by atoms with E-state index in [9.17, 15) is 18.0 Å². The first-order valence-corrected chi connectivity index (χ1v) is 17.9. The van der Waals surface area contributed by atoms with Crippen molar-refractivity contribution in [3.05, 3.63) is 53.1 Å². The predicted octanol–water partition coefficient (Wildman–Crippen LogP) is 4.09. The maximum absolute atomic E-state index is 14.8. The lowest BCUT2D eigenvalue weighted by atomic mass is 9.81. The van der Waals surface area contributed by atoms with Gasteiger partial charge in [0.05, 0.1) is 18.2 Å². The number of likely N-dealkylation sites (tertiary alicyclic amines) is 2. The maximum Gasteiger partial charge on any atom is 0.298 e. The smallest absolute Gasteiger partial charge is 0.298 e. The Morgan fingerprint density at radius 1 is 1.07 bits per heavy atom. The highest BCUT2D eigenvalue weighted by molar-refractivity contribution is 7.87. The van der Waals surface area contributed by atoms with E-state index in [4.69, 9.17) is 9.88 Å². The van der Waals surface area contributed by atoms with Crippen molar-refractivity contribution in [3.63, 3.8) is 0 Å². The van der Waals surface area contributed by atoms with Crippen LogP contribution in [0.5, 0.6) is 5.75 Å². The van der Waals surface area contributed by atoms with Crippen molar-refractivity contribution in [2.45, 2.75) is 82.3 Å². The molecular weight excluding hydrogens is 590 g/mol. The number of benzene rings is 2. The van der Waals surface area contributed by atoms with E-state index >= 15 is 0 Å². The summed E-state index contributed by atoms with van der Waals surface area (Å²) in [6, 6.07) is 12.4. The number of piperazine rings is 1. The van der Waals surface area contributed by atoms with Crippen LogP contribution in [0.2, 0.25) is 0 Å². The van der Waals surface area contributed by atoms with Gasteiger partial charge in [0.15, 0.2) is 0 Å². The number of likely N-dealkylation sites (N-methyl/N-ethyl adjacent to an activating group) is 1. The lowest BCUT2D eigenvalue weighted by molar-refractivity contribution is -0.140. The second kappa shape index (κ2) is 10.3. The summed E-state index contributed by atoms with van der Waals surface area (Å²) in [5.74, 6) is 0.677. The largest absolute Gasteiger partial charge is 0.497 e. The Morgan fingerprint density at radius 2 is 1.87 bits per heavy atom. The maximum atomic E-state index is 14.8. The van der Waals surface area contributed by atoms with Gasteiger partial charge in [-0.2, -0.15) is 8.42 Å².